The Balaban J connectivity index is 2.51. The van der Waals surface area contributed by atoms with E-state index in [2.05, 4.69) is 20.6 Å². The number of amides is 2. The van der Waals surface area contributed by atoms with Crippen LogP contribution in [-0.2, 0) is 9.63 Å². The largest absolute Gasteiger partial charge is 0.433 e. The zero-order valence-corrected chi connectivity index (χ0v) is 8.68. The Morgan fingerprint density at radius 2 is 2.50 bits per heavy atom. The fraction of sp³-hybridized carbons (Fsp3) is 0.571. The quantitative estimate of drug-likeness (QED) is 0.475. The molecule has 14 heavy (non-hydrogen) atoms. The summed E-state index contributed by atoms with van der Waals surface area (Å²) in [6, 6.07) is -0.203. The van der Waals surface area contributed by atoms with E-state index in [0.717, 1.165) is 0 Å². The number of hydrogen-bond acceptors (Lipinski definition) is 5. The maximum Gasteiger partial charge on any atom is 0.433 e. The van der Waals surface area contributed by atoms with E-state index in [-0.39, 0.29) is 11.9 Å². The number of rotatable bonds is 1. The fourth-order valence-electron chi connectivity index (χ4n) is 0.847. The lowest BCUT2D eigenvalue weighted by molar-refractivity contribution is -0.118. The van der Waals surface area contributed by atoms with Crippen LogP contribution in [0, 0.1) is 0 Å². The molecule has 1 fully saturated rings. The second-order valence-corrected chi connectivity index (χ2v) is 3.63. The van der Waals surface area contributed by atoms with Crippen molar-refractivity contribution in [1.82, 2.24) is 10.6 Å². The van der Waals surface area contributed by atoms with Gasteiger partial charge in [0, 0.05) is 7.05 Å². The van der Waals surface area contributed by atoms with E-state index in [4.69, 9.17) is 0 Å². The third-order valence-corrected chi connectivity index (χ3v) is 2.65. The Hall–Kier alpha value is -1.24. The van der Waals surface area contributed by atoms with Gasteiger partial charge in [0.05, 0.1) is 11.8 Å². The van der Waals surface area contributed by atoms with Gasteiger partial charge in [-0.1, -0.05) is 16.9 Å². The van der Waals surface area contributed by atoms with Crippen molar-refractivity contribution in [2.24, 2.45) is 5.16 Å². The SMILES string of the molecule is CNC(=O)O/N=C1\SCC(=O)NC1C. The molecule has 6 nitrogen and oxygen atoms in total. The molecule has 0 aromatic carbocycles. The molecule has 1 atom stereocenters. The maximum atomic E-state index is 10.9. The standard InChI is InChI=1S/C7H11N3O3S/c1-4-6(10-13-7(12)8-2)14-3-5(11)9-4/h4H,3H2,1-2H3,(H,8,12)(H,9,11)/b10-6-. The van der Waals surface area contributed by atoms with E-state index in [1.165, 1.54) is 18.8 Å². The fourth-order valence-corrected chi connectivity index (χ4v) is 1.61. The summed E-state index contributed by atoms with van der Waals surface area (Å²) < 4.78 is 0. The van der Waals surface area contributed by atoms with Crippen molar-refractivity contribution in [3.63, 3.8) is 0 Å². The van der Waals surface area contributed by atoms with Crippen LogP contribution in [-0.4, -0.2) is 35.9 Å². The van der Waals surface area contributed by atoms with Crippen molar-refractivity contribution in [3.05, 3.63) is 0 Å². The number of nitrogens with one attached hydrogen (secondary N) is 2. The monoisotopic (exact) mass is 217 g/mol. The minimum absolute atomic E-state index is 0.0404. The van der Waals surface area contributed by atoms with Gasteiger partial charge in [-0.25, -0.2) is 4.79 Å². The van der Waals surface area contributed by atoms with Crippen molar-refractivity contribution in [3.8, 4) is 0 Å². The van der Waals surface area contributed by atoms with Gasteiger partial charge in [0.2, 0.25) is 5.91 Å². The maximum absolute atomic E-state index is 10.9. The van der Waals surface area contributed by atoms with Crippen molar-refractivity contribution in [2.75, 3.05) is 12.8 Å². The predicted molar refractivity (Wildman–Crippen MR) is 53.0 cm³/mol. The topological polar surface area (TPSA) is 79.8 Å². The molecule has 0 aromatic heterocycles. The van der Waals surface area contributed by atoms with Gasteiger partial charge in [0.1, 0.15) is 5.04 Å². The summed E-state index contributed by atoms with van der Waals surface area (Å²) >= 11 is 1.26. The summed E-state index contributed by atoms with van der Waals surface area (Å²) in [5, 5.41) is 9.15. The van der Waals surface area contributed by atoms with Crippen LogP contribution in [0.5, 0.6) is 0 Å². The Morgan fingerprint density at radius 3 is 3.07 bits per heavy atom. The van der Waals surface area contributed by atoms with Gasteiger partial charge >= 0.3 is 6.09 Å². The first-order chi connectivity index (χ1) is 6.63. The van der Waals surface area contributed by atoms with E-state index in [0.29, 0.717) is 10.8 Å². The molecule has 1 rings (SSSR count). The summed E-state index contributed by atoms with van der Waals surface area (Å²) in [6.45, 7) is 1.77. The molecule has 2 N–H and O–H groups in total. The van der Waals surface area contributed by atoms with Gasteiger partial charge in [0.15, 0.2) is 0 Å². The third-order valence-electron chi connectivity index (χ3n) is 1.52. The first-order valence-electron chi connectivity index (χ1n) is 4.02. The zero-order valence-electron chi connectivity index (χ0n) is 7.86. The Labute approximate surface area is 85.4 Å². The minimum Gasteiger partial charge on any atom is -0.347 e. The van der Waals surface area contributed by atoms with E-state index in [1.807, 2.05) is 0 Å². The summed E-state index contributed by atoms with van der Waals surface area (Å²) in [7, 11) is 1.45. The first kappa shape index (κ1) is 10.8. The molecule has 78 valence electrons. The van der Waals surface area contributed by atoms with Gasteiger partial charge in [-0.05, 0) is 6.92 Å². The van der Waals surface area contributed by atoms with E-state index >= 15 is 0 Å². The molecule has 1 aliphatic rings. The van der Waals surface area contributed by atoms with Crippen LogP contribution in [0.1, 0.15) is 6.92 Å². The first-order valence-corrected chi connectivity index (χ1v) is 5.01. The van der Waals surface area contributed by atoms with Crippen LogP contribution in [0.15, 0.2) is 5.16 Å². The van der Waals surface area contributed by atoms with Gasteiger partial charge in [-0.2, -0.15) is 0 Å². The molecule has 0 aromatic rings. The van der Waals surface area contributed by atoms with Crippen molar-refractivity contribution >= 4 is 28.8 Å². The van der Waals surface area contributed by atoms with E-state index < -0.39 is 6.09 Å². The Kier molecular flexibility index (Phi) is 3.75. The molecule has 1 unspecified atom stereocenters. The molecular formula is C7H11N3O3S. The van der Waals surface area contributed by atoms with Gasteiger partial charge in [-0.3, -0.25) is 9.63 Å². The summed E-state index contributed by atoms with van der Waals surface area (Å²) in [5.41, 5.74) is 0. The molecule has 1 aliphatic heterocycles. The highest BCUT2D eigenvalue weighted by Gasteiger charge is 2.22. The Bertz CT molecular complexity index is 279. The highest BCUT2D eigenvalue weighted by Crippen LogP contribution is 2.13. The molecule has 0 aliphatic carbocycles. The highest BCUT2D eigenvalue weighted by atomic mass is 32.2. The lowest BCUT2D eigenvalue weighted by Crippen LogP contribution is -2.43. The molecule has 0 bridgehead atoms. The number of thioether (sulfide) groups is 1. The average molecular weight is 217 g/mol. The number of carbonyl (C=O) groups is 2. The number of nitrogens with zero attached hydrogens (tertiary/aromatic N) is 1. The minimum atomic E-state index is -0.623. The van der Waals surface area contributed by atoms with Crippen LogP contribution in [0.25, 0.3) is 0 Å². The number of carbonyl (C=O) groups excluding carboxylic acids is 2. The lowest BCUT2D eigenvalue weighted by Gasteiger charge is -2.19. The summed E-state index contributed by atoms with van der Waals surface area (Å²) in [6.07, 6.45) is -0.623. The van der Waals surface area contributed by atoms with E-state index in [1.54, 1.807) is 6.92 Å². The average Bonchev–Trinajstić information content (AvgIpc) is 2.16. The summed E-state index contributed by atoms with van der Waals surface area (Å²) in [4.78, 5) is 26.1. The van der Waals surface area contributed by atoms with Crippen molar-refractivity contribution in [2.45, 2.75) is 13.0 Å². The molecule has 0 saturated carbocycles. The third kappa shape index (κ3) is 2.91. The molecule has 1 saturated heterocycles. The second kappa shape index (κ2) is 4.85. The van der Waals surface area contributed by atoms with E-state index in [9.17, 15) is 9.59 Å². The highest BCUT2D eigenvalue weighted by molar-refractivity contribution is 8.14. The molecule has 1 heterocycles. The molecular weight excluding hydrogens is 206 g/mol. The van der Waals surface area contributed by atoms with Crippen LogP contribution in [0.3, 0.4) is 0 Å². The second-order valence-electron chi connectivity index (χ2n) is 2.64. The molecule has 0 spiro atoms. The van der Waals surface area contributed by atoms with Crippen molar-refractivity contribution < 1.29 is 14.4 Å². The van der Waals surface area contributed by atoms with Gasteiger partial charge in [0.25, 0.3) is 0 Å². The summed E-state index contributed by atoms with van der Waals surface area (Å²) in [5.74, 6) is 0.265. The van der Waals surface area contributed by atoms with Crippen LogP contribution in [0.2, 0.25) is 0 Å². The van der Waals surface area contributed by atoms with Gasteiger partial charge < -0.3 is 10.6 Å². The van der Waals surface area contributed by atoms with Crippen LogP contribution < -0.4 is 10.6 Å². The molecule has 0 radical (unpaired) electrons. The predicted octanol–water partition coefficient (Wildman–Crippen LogP) is -0.0926. The lowest BCUT2D eigenvalue weighted by atomic mass is 10.3. The van der Waals surface area contributed by atoms with Gasteiger partial charge in [-0.15, -0.1) is 0 Å². The number of oxime groups is 1. The smallest absolute Gasteiger partial charge is 0.347 e. The molecule has 7 heteroatoms. The number of hydrogen-bond donors (Lipinski definition) is 2. The molecule has 2 amide bonds. The normalized spacial score (nSPS) is 24.3. The van der Waals surface area contributed by atoms with Crippen molar-refractivity contribution in [1.29, 1.82) is 0 Å². The Morgan fingerprint density at radius 1 is 1.79 bits per heavy atom. The van der Waals surface area contributed by atoms with Crippen LogP contribution >= 0.6 is 11.8 Å². The van der Waals surface area contributed by atoms with Crippen LogP contribution in [0.4, 0.5) is 4.79 Å². The zero-order chi connectivity index (χ0) is 10.6.